The molecule has 0 aromatic carbocycles. The minimum absolute atomic E-state index is 0.166. The van der Waals surface area contributed by atoms with E-state index in [2.05, 4.69) is 13.8 Å². The van der Waals surface area contributed by atoms with Gasteiger partial charge in [0.2, 0.25) is 0 Å². The van der Waals surface area contributed by atoms with E-state index in [0.29, 0.717) is 25.3 Å². The van der Waals surface area contributed by atoms with Crippen LogP contribution in [0.15, 0.2) is 0 Å². The van der Waals surface area contributed by atoms with Gasteiger partial charge in [-0.2, -0.15) is 0 Å². The minimum Gasteiger partial charge on any atom is -0.309 e. The molecular formula is C15H30ClO3P. The molecule has 0 bridgehead atoms. The molecule has 0 saturated heterocycles. The van der Waals surface area contributed by atoms with Gasteiger partial charge in [-0.05, 0) is 31.6 Å². The van der Waals surface area contributed by atoms with Crippen LogP contribution in [-0.4, -0.2) is 24.8 Å². The van der Waals surface area contributed by atoms with Crippen molar-refractivity contribution in [3.8, 4) is 0 Å². The predicted octanol–water partition coefficient (Wildman–Crippen LogP) is 5.61. The van der Waals surface area contributed by atoms with Gasteiger partial charge in [-0.1, -0.05) is 39.5 Å². The Labute approximate surface area is 129 Å². The van der Waals surface area contributed by atoms with E-state index in [0.717, 1.165) is 38.5 Å². The van der Waals surface area contributed by atoms with Crippen molar-refractivity contribution < 1.29 is 13.6 Å². The smallest absolute Gasteiger partial charge is 0.309 e. The minimum atomic E-state index is -2.92. The fourth-order valence-corrected chi connectivity index (χ4v) is 4.64. The molecule has 0 aromatic rings. The zero-order valence-electron chi connectivity index (χ0n) is 13.0. The van der Waals surface area contributed by atoms with E-state index >= 15 is 0 Å². The van der Waals surface area contributed by atoms with Crippen LogP contribution in [0.3, 0.4) is 0 Å². The third kappa shape index (κ3) is 6.93. The summed E-state index contributed by atoms with van der Waals surface area (Å²) in [4.78, 5) is 0. The maximum Gasteiger partial charge on any atom is 0.330 e. The number of unbranched alkanes of at least 4 members (excludes halogenated alkanes) is 2. The van der Waals surface area contributed by atoms with Crippen LogP contribution in [0.4, 0.5) is 0 Å². The zero-order chi connectivity index (χ0) is 14.8. The van der Waals surface area contributed by atoms with Crippen LogP contribution < -0.4 is 0 Å². The largest absolute Gasteiger partial charge is 0.330 e. The van der Waals surface area contributed by atoms with E-state index in [1.54, 1.807) is 0 Å². The van der Waals surface area contributed by atoms with E-state index < -0.39 is 7.60 Å². The number of alkyl halides is 1. The maximum absolute atomic E-state index is 12.7. The first-order valence-electron chi connectivity index (χ1n) is 8.13. The highest BCUT2D eigenvalue weighted by atomic mass is 35.5. The van der Waals surface area contributed by atoms with Crippen LogP contribution in [0.25, 0.3) is 0 Å². The Morgan fingerprint density at radius 1 is 1.10 bits per heavy atom. The highest BCUT2D eigenvalue weighted by molar-refractivity contribution is 7.53. The molecule has 0 amide bonds. The standard InChI is InChI=1S/C15H30ClO3P/c1-3-5-11-18-20(17,12-6-4-2)19-13-14-9-7-8-10-15(14)16/h14-15H,3-13H2,1-2H3. The monoisotopic (exact) mass is 324 g/mol. The quantitative estimate of drug-likeness (QED) is 0.297. The Morgan fingerprint density at radius 3 is 2.45 bits per heavy atom. The summed E-state index contributed by atoms with van der Waals surface area (Å²) in [5.41, 5.74) is 0. The molecule has 1 saturated carbocycles. The molecule has 20 heavy (non-hydrogen) atoms. The van der Waals surface area contributed by atoms with E-state index in [4.69, 9.17) is 20.6 Å². The van der Waals surface area contributed by atoms with Crippen molar-refractivity contribution in [2.75, 3.05) is 19.4 Å². The van der Waals surface area contributed by atoms with E-state index in [-0.39, 0.29) is 5.38 Å². The van der Waals surface area contributed by atoms with Gasteiger partial charge in [0, 0.05) is 5.38 Å². The second-order valence-electron chi connectivity index (χ2n) is 5.73. The molecule has 3 unspecified atom stereocenters. The topological polar surface area (TPSA) is 35.5 Å². The zero-order valence-corrected chi connectivity index (χ0v) is 14.6. The van der Waals surface area contributed by atoms with Crippen LogP contribution in [0.1, 0.15) is 65.2 Å². The average molecular weight is 325 g/mol. The average Bonchev–Trinajstić information content (AvgIpc) is 2.45. The van der Waals surface area contributed by atoms with E-state index in [1.807, 2.05) is 0 Å². The highest BCUT2D eigenvalue weighted by Crippen LogP contribution is 2.50. The van der Waals surface area contributed by atoms with Crippen LogP contribution in [-0.2, 0) is 13.6 Å². The maximum atomic E-state index is 12.7. The van der Waals surface area contributed by atoms with Gasteiger partial charge < -0.3 is 9.05 Å². The Morgan fingerprint density at radius 2 is 1.80 bits per heavy atom. The summed E-state index contributed by atoms with van der Waals surface area (Å²) in [5, 5.41) is 0.166. The van der Waals surface area contributed by atoms with Gasteiger partial charge in [-0.3, -0.25) is 4.57 Å². The lowest BCUT2D eigenvalue weighted by atomic mass is 9.89. The second kappa shape index (κ2) is 10.2. The van der Waals surface area contributed by atoms with Gasteiger partial charge >= 0.3 is 7.60 Å². The van der Waals surface area contributed by atoms with Crippen molar-refractivity contribution in [1.29, 1.82) is 0 Å². The number of hydrogen-bond acceptors (Lipinski definition) is 3. The third-order valence-electron chi connectivity index (χ3n) is 3.87. The molecule has 0 N–H and O–H groups in total. The molecule has 1 aliphatic rings. The molecule has 1 fully saturated rings. The molecule has 1 rings (SSSR count). The first-order valence-corrected chi connectivity index (χ1v) is 10.3. The van der Waals surface area contributed by atoms with Crippen LogP contribution in [0, 0.1) is 5.92 Å². The highest BCUT2D eigenvalue weighted by Gasteiger charge is 2.29. The number of rotatable bonds is 10. The molecule has 1 aliphatic carbocycles. The Kier molecular flexibility index (Phi) is 9.44. The van der Waals surface area contributed by atoms with Gasteiger partial charge in [0.05, 0.1) is 19.4 Å². The summed E-state index contributed by atoms with van der Waals surface area (Å²) in [6.45, 7) is 5.21. The second-order valence-corrected chi connectivity index (χ2v) is 8.48. The van der Waals surface area contributed by atoms with Crippen molar-refractivity contribution in [3.63, 3.8) is 0 Å². The van der Waals surface area contributed by atoms with Gasteiger partial charge in [-0.25, -0.2) is 0 Å². The number of halogens is 1. The van der Waals surface area contributed by atoms with E-state index in [1.165, 1.54) is 12.8 Å². The first kappa shape index (κ1) is 18.5. The summed E-state index contributed by atoms with van der Waals surface area (Å²) in [7, 11) is -2.92. The van der Waals surface area contributed by atoms with Gasteiger partial charge in [0.15, 0.2) is 0 Å². The lowest BCUT2D eigenvalue weighted by molar-refractivity contribution is 0.161. The third-order valence-corrected chi connectivity index (χ3v) is 6.43. The van der Waals surface area contributed by atoms with Crippen molar-refractivity contribution in [3.05, 3.63) is 0 Å². The summed E-state index contributed by atoms with van der Waals surface area (Å²) >= 11 is 6.33. The molecule has 120 valence electrons. The molecule has 5 heteroatoms. The lowest BCUT2D eigenvalue weighted by Crippen LogP contribution is -2.24. The predicted molar refractivity (Wildman–Crippen MR) is 85.8 cm³/mol. The van der Waals surface area contributed by atoms with Gasteiger partial charge in [-0.15, -0.1) is 11.6 Å². The van der Waals surface area contributed by atoms with Crippen LogP contribution in [0.5, 0.6) is 0 Å². The molecule has 0 aliphatic heterocycles. The lowest BCUT2D eigenvalue weighted by Gasteiger charge is -2.28. The van der Waals surface area contributed by atoms with Crippen LogP contribution in [0.2, 0.25) is 0 Å². The van der Waals surface area contributed by atoms with E-state index in [9.17, 15) is 4.57 Å². The van der Waals surface area contributed by atoms with Crippen molar-refractivity contribution in [1.82, 2.24) is 0 Å². The summed E-state index contributed by atoms with van der Waals surface area (Å²) in [5.74, 6) is 0.329. The summed E-state index contributed by atoms with van der Waals surface area (Å²) in [6, 6.07) is 0. The summed E-state index contributed by atoms with van der Waals surface area (Å²) < 4.78 is 24.0. The SMILES string of the molecule is CCCCOP(=O)(CCCC)OCC1CCCCC1Cl. The molecule has 0 aromatic heterocycles. The molecular weight excluding hydrogens is 295 g/mol. The molecule has 3 atom stereocenters. The molecule has 0 spiro atoms. The normalized spacial score (nSPS) is 26.4. The summed E-state index contributed by atoms with van der Waals surface area (Å²) in [6.07, 6.45) is 8.93. The first-order chi connectivity index (χ1) is 9.61. The fourth-order valence-electron chi connectivity index (χ4n) is 2.43. The fraction of sp³-hybridized carbons (Fsp3) is 1.00. The van der Waals surface area contributed by atoms with Gasteiger partial charge in [0.25, 0.3) is 0 Å². The Balaban J connectivity index is 2.43. The molecule has 0 radical (unpaired) electrons. The van der Waals surface area contributed by atoms with Gasteiger partial charge in [0.1, 0.15) is 0 Å². The van der Waals surface area contributed by atoms with Crippen molar-refractivity contribution >= 4 is 19.2 Å². The molecule has 3 nitrogen and oxygen atoms in total. The Bertz CT molecular complexity index is 299. The Hall–Kier alpha value is 0.440. The van der Waals surface area contributed by atoms with Crippen molar-refractivity contribution in [2.24, 2.45) is 5.92 Å². The molecule has 0 heterocycles. The van der Waals surface area contributed by atoms with Crippen molar-refractivity contribution in [2.45, 2.75) is 70.6 Å². The number of hydrogen-bond donors (Lipinski definition) is 0. The van der Waals surface area contributed by atoms with Crippen LogP contribution >= 0.6 is 19.2 Å².